The van der Waals surface area contributed by atoms with Crippen LogP contribution in [0, 0.1) is 0 Å². The van der Waals surface area contributed by atoms with Gasteiger partial charge < -0.3 is 5.73 Å². The SMILES string of the molecule is Nc1cc(Cl)ccc1S(=O)(=O)Nc1cnccc1Cl. The molecule has 0 radical (unpaired) electrons. The zero-order chi connectivity index (χ0) is 14.0. The summed E-state index contributed by atoms with van der Waals surface area (Å²) in [6.45, 7) is 0. The summed E-state index contributed by atoms with van der Waals surface area (Å²) < 4.78 is 26.6. The quantitative estimate of drug-likeness (QED) is 0.852. The van der Waals surface area contributed by atoms with E-state index in [0.29, 0.717) is 5.02 Å². The largest absolute Gasteiger partial charge is 0.398 e. The number of hydrogen-bond donors (Lipinski definition) is 2. The van der Waals surface area contributed by atoms with Crippen LogP contribution in [-0.2, 0) is 10.0 Å². The topological polar surface area (TPSA) is 85.1 Å². The maximum absolute atomic E-state index is 12.2. The molecule has 5 nitrogen and oxygen atoms in total. The van der Waals surface area contributed by atoms with Gasteiger partial charge in [0.15, 0.2) is 0 Å². The van der Waals surface area contributed by atoms with E-state index in [-0.39, 0.29) is 21.3 Å². The number of sulfonamides is 1. The minimum atomic E-state index is -3.84. The molecule has 0 saturated carbocycles. The Morgan fingerprint density at radius 2 is 1.95 bits per heavy atom. The van der Waals surface area contributed by atoms with Crippen LogP contribution in [-0.4, -0.2) is 13.4 Å². The van der Waals surface area contributed by atoms with Crippen LogP contribution in [0.25, 0.3) is 0 Å². The lowest BCUT2D eigenvalue weighted by Gasteiger charge is -2.11. The molecule has 3 N–H and O–H groups in total. The van der Waals surface area contributed by atoms with E-state index in [1.165, 1.54) is 36.7 Å². The van der Waals surface area contributed by atoms with Crippen LogP contribution in [0.1, 0.15) is 0 Å². The highest BCUT2D eigenvalue weighted by atomic mass is 35.5. The number of nitrogen functional groups attached to an aromatic ring is 1. The molecular formula is C11H9Cl2N3O2S. The second-order valence-corrected chi connectivity index (χ2v) is 6.14. The normalized spacial score (nSPS) is 11.3. The molecule has 19 heavy (non-hydrogen) atoms. The van der Waals surface area contributed by atoms with Gasteiger partial charge in [0.05, 0.1) is 22.6 Å². The summed E-state index contributed by atoms with van der Waals surface area (Å²) in [4.78, 5) is 3.72. The van der Waals surface area contributed by atoms with Crippen molar-refractivity contribution in [3.63, 3.8) is 0 Å². The highest BCUT2D eigenvalue weighted by Crippen LogP contribution is 2.27. The summed E-state index contributed by atoms with van der Waals surface area (Å²) in [7, 11) is -3.84. The zero-order valence-electron chi connectivity index (χ0n) is 9.47. The molecule has 1 aromatic heterocycles. The number of nitrogens with one attached hydrogen (secondary N) is 1. The van der Waals surface area contributed by atoms with Crippen LogP contribution in [0.2, 0.25) is 10.0 Å². The maximum atomic E-state index is 12.2. The van der Waals surface area contributed by atoms with Gasteiger partial charge in [-0.15, -0.1) is 0 Å². The summed E-state index contributed by atoms with van der Waals surface area (Å²) in [6, 6.07) is 5.60. The van der Waals surface area contributed by atoms with Crippen LogP contribution in [0.5, 0.6) is 0 Å². The summed E-state index contributed by atoms with van der Waals surface area (Å²) in [5, 5.41) is 0.599. The highest BCUT2D eigenvalue weighted by Gasteiger charge is 2.18. The summed E-state index contributed by atoms with van der Waals surface area (Å²) >= 11 is 11.6. The van der Waals surface area contributed by atoms with Crippen molar-refractivity contribution in [3.8, 4) is 0 Å². The molecule has 0 spiro atoms. The number of anilines is 2. The molecule has 1 heterocycles. The molecule has 0 unspecified atom stereocenters. The highest BCUT2D eigenvalue weighted by molar-refractivity contribution is 7.92. The fourth-order valence-electron chi connectivity index (χ4n) is 1.42. The third kappa shape index (κ3) is 3.09. The van der Waals surface area contributed by atoms with Gasteiger partial charge in [-0.25, -0.2) is 8.42 Å². The van der Waals surface area contributed by atoms with Gasteiger partial charge in [0, 0.05) is 11.2 Å². The lowest BCUT2D eigenvalue weighted by Crippen LogP contribution is -2.15. The Kier molecular flexibility index (Phi) is 3.84. The second-order valence-electron chi connectivity index (χ2n) is 3.64. The Bertz CT molecular complexity index is 720. The molecule has 2 aromatic rings. The molecule has 0 fully saturated rings. The number of rotatable bonds is 3. The van der Waals surface area contributed by atoms with Gasteiger partial charge >= 0.3 is 0 Å². The van der Waals surface area contributed by atoms with E-state index in [4.69, 9.17) is 28.9 Å². The van der Waals surface area contributed by atoms with E-state index in [1.807, 2.05) is 0 Å². The molecule has 0 amide bonds. The molecule has 2 rings (SSSR count). The fourth-order valence-corrected chi connectivity index (χ4v) is 2.98. The van der Waals surface area contributed by atoms with Gasteiger partial charge in [0.1, 0.15) is 4.90 Å². The van der Waals surface area contributed by atoms with Crippen LogP contribution < -0.4 is 10.5 Å². The van der Waals surface area contributed by atoms with Crippen molar-refractivity contribution < 1.29 is 8.42 Å². The Morgan fingerprint density at radius 1 is 1.21 bits per heavy atom. The van der Waals surface area contributed by atoms with Gasteiger partial charge in [-0.3, -0.25) is 9.71 Å². The lowest BCUT2D eigenvalue weighted by molar-refractivity contribution is 0.601. The summed E-state index contributed by atoms with van der Waals surface area (Å²) in [5.74, 6) is 0. The number of aromatic nitrogens is 1. The first-order valence-corrected chi connectivity index (χ1v) is 7.31. The van der Waals surface area contributed by atoms with Gasteiger partial charge in [0.25, 0.3) is 10.0 Å². The third-order valence-electron chi connectivity index (χ3n) is 2.27. The van der Waals surface area contributed by atoms with E-state index < -0.39 is 10.0 Å². The first kappa shape index (κ1) is 13.9. The molecule has 0 bridgehead atoms. The predicted molar refractivity (Wildman–Crippen MR) is 75.9 cm³/mol. The fraction of sp³-hybridized carbons (Fsp3) is 0. The molecule has 100 valence electrons. The predicted octanol–water partition coefficient (Wildman–Crippen LogP) is 2.77. The van der Waals surface area contributed by atoms with Gasteiger partial charge in [-0.1, -0.05) is 23.2 Å². The Labute approximate surface area is 120 Å². The number of halogens is 2. The number of nitrogens with two attached hydrogens (primary N) is 1. The number of pyridine rings is 1. The van der Waals surface area contributed by atoms with E-state index in [0.717, 1.165) is 0 Å². The molecular weight excluding hydrogens is 309 g/mol. The van der Waals surface area contributed by atoms with Gasteiger partial charge in [-0.05, 0) is 24.3 Å². The minimum Gasteiger partial charge on any atom is -0.398 e. The van der Waals surface area contributed by atoms with Crippen LogP contribution in [0.3, 0.4) is 0 Å². The zero-order valence-corrected chi connectivity index (χ0v) is 11.8. The van der Waals surface area contributed by atoms with Crippen molar-refractivity contribution in [1.29, 1.82) is 0 Å². The first-order chi connectivity index (χ1) is 8.90. The smallest absolute Gasteiger partial charge is 0.264 e. The van der Waals surface area contributed by atoms with E-state index in [1.54, 1.807) is 0 Å². The molecule has 0 aliphatic heterocycles. The molecule has 0 atom stereocenters. The van der Waals surface area contributed by atoms with E-state index in [2.05, 4.69) is 9.71 Å². The lowest BCUT2D eigenvalue weighted by atomic mass is 10.3. The number of nitrogens with zero attached hydrogens (tertiary/aromatic N) is 1. The Hall–Kier alpha value is -1.50. The first-order valence-electron chi connectivity index (χ1n) is 5.07. The van der Waals surface area contributed by atoms with E-state index >= 15 is 0 Å². The Balaban J connectivity index is 2.41. The monoisotopic (exact) mass is 317 g/mol. The number of benzene rings is 1. The average molecular weight is 318 g/mol. The van der Waals surface area contributed by atoms with Crippen molar-refractivity contribution in [2.45, 2.75) is 4.90 Å². The van der Waals surface area contributed by atoms with Crippen LogP contribution >= 0.6 is 23.2 Å². The molecule has 0 aliphatic carbocycles. The Morgan fingerprint density at radius 3 is 2.58 bits per heavy atom. The van der Waals surface area contributed by atoms with Crippen LogP contribution in [0.4, 0.5) is 11.4 Å². The third-order valence-corrected chi connectivity index (χ3v) is 4.28. The molecule has 1 aromatic carbocycles. The molecule has 0 saturated heterocycles. The summed E-state index contributed by atoms with van der Waals surface area (Å²) in [5.41, 5.74) is 5.88. The van der Waals surface area contributed by atoms with Crippen molar-refractivity contribution >= 4 is 44.6 Å². The molecule has 0 aliphatic rings. The molecule has 8 heteroatoms. The average Bonchev–Trinajstić information content (AvgIpc) is 2.31. The van der Waals surface area contributed by atoms with Crippen LogP contribution in [0.15, 0.2) is 41.6 Å². The van der Waals surface area contributed by atoms with E-state index in [9.17, 15) is 8.42 Å². The standard InChI is InChI=1S/C11H9Cl2N3O2S/c12-7-1-2-11(9(14)5-7)19(17,18)16-10-6-15-4-3-8(10)13/h1-6,16H,14H2. The minimum absolute atomic E-state index is 0.0556. The van der Waals surface area contributed by atoms with Crippen molar-refractivity contribution in [3.05, 3.63) is 46.7 Å². The number of hydrogen-bond acceptors (Lipinski definition) is 4. The van der Waals surface area contributed by atoms with Gasteiger partial charge in [-0.2, -0.15) is 0 Å². The maximum Gasteiger partial charge on any atom is 0.264 e. The second kappa shape index (κ2) is 5.24. The van der Waals surface area contributed by atoms with Crippen molar-refractivity contribution in [1.82, 2.24) is 4.98 Å². The summed E-state index contributed by atoms with van der Waals surface area (Å²) in [6.07, 6.45) is 2.77. The van der Waals surface area contributed by atoms with Gasteiger partial charge in [0.2, 0.25) is 0 Å². The van der Waals surface area contributed by atoms with Crippen molar-refractivity contribution in [2.24, 2.45) is 0 Å². The van der Waals surface area contributed by atoms with Crippen molar-refractivity contribution in [2.75, 3.05) is 10.5 Å².